The Morgan fingerprint density at radius 1 is 0.952 bits per heavy atom. The number of carbonyl (C=O) groups excluding carboxylic acids is 3. The van der Waals surface area contributed by atoms with E-state index >= 15 is 0 Å². The fourth-order valence-corrected chi connectivity index (χ4v) is 7.32. The molecule has 3 saturated heterocycles. The van der Waals surface area contributed by atoms with Crippen LogP contribution in [0.2, 0.25) is 0 Å². The Hall–Kier alpha value is -3.75. The molecule has 2 bridgehead atoms. The van der Waals surface area contributed by atoms with E-state index < -0.39 is 29.1 Å². The molecule has 3 aliphatic rings. The second-order valence-corrected chi connectivity index (χ2v) is 11.8. The Balaban J connectivity index is 1.51. The van der Waals surface area contributed by atoms with E-state index in [1.807, 2.05) is 67.6 Å². The van der Waals surface area contributed by atoms with Gasteiger partial charge in [0.05, 0.1) is 17.4 Å². The molecular formula is C34H41N3O5. The Kier molecular flexibility index (Phi) is 8.66. The molecule has 0 aromatic heterocycles. The number of aliphatic hydroxyl groups is 1. The predicted molar refractivity (Wildman–Crippen MR) is 160 cm³/mol. The second kappa shape index (κ2) is 12.2. The van der Waals surface area contributed by atoms with E-state index in [1.54, 1.807) is 26.9 Å². The van der Waals surface area contributed by atoms with Gasteiger partial charge in [-0.3, -0.25) is 14.4 Å². The lowest BCUT2D eigenvalue weighted by Gasteiger charge is -2.37. The minimum atomic E-state index is -1.12. The number of nitrogens with zero attached hydrogens (tertiary/aromatic N) is 3. The smallest absolute Gasteiger partial charge is 0.248 e. The third kappa shape index (κ3) is 5.18. The topological polar surface area (TPSA) is 90.4 Å². The zero-order chi connectivity index (χ0) is 29.9. The molecule has 3 fully saturated rings. The highest BCUT2D eigenvalue weighted by atomic mass is 16.5. The highest BCUT2D eigenvalue weighted by Crippen LogP contribution is 2.63. The van der Waals surface area contributed by atoms with Gasteiger partial charge in [0.2, 0.25) is 17.7 Å². The first kappa shape index (κ1) is 29.7. The molecule has 2 unspecified atom stereocenters. The van der Waals surface area contributed by atoms with Crippen molar-refractivity contribution < 1.29 is 24.2 Å². The predicted octanol–water partition coefficient (Wildman–Crippen LogP) is 3.56. The second-order valence-electron chi connectivity index (χ2n) is 11.8. The number of likely N-dealkylation sites (tertiary alicyclic amines) is 1. The number of amides is 3. The number of benzene rings is 2. The van der Waals surface area contributed by atoms with Gasteiger partial charge < -0.3 is 24.5 Å². The highest BCUT2D eigenvalue weighted by Gasteiger charge is 2.78. The summed E-state index contributed by atoms with van der Waals surface area (Å²) in [6.07, 6.45) is 4.77. The van der Waals surface area contributed by atoms with Crippen LogP contribution in [0.4, 0.5) is 0 Å². The standard InChI is InChI=1S/C34H41N3O5/c1-4-19-35(23-25-13-8-6-9-14-25)30(39)27-28-31(40)37(21-12-22-38)29(34(28)18-17-33(27,3)42-34)32(41)36(20-5-2)24-26-15-10-7-11-16-26/h4-11,13-16,27-29,38H,1-2,12,17-24H2,3H3/t27-,28+,29?,33+,34?/m1/s1. The van der Waals surface area contributed by atoms with Gasteiger partial charge >= 0.3 is 0 Å². The van der Waals surface area contributed by atoms with Crippen molar-refractivity contribution in [2.45, 2.75) is 56.5 Å². The summed E-state index contributed by atoms with van der Waals surface area (Å²) >= 11 is 0. The maximum absolute atomic E-state index is 14.5. The molecule has 5 atom stereocenters. The molecule has 5 rings (SSSR count). The first-order chi connectivity index (χ1) is 20.3. The molecule has 222 valence electrons. The summed E-state index contributed by atoms with van der Waals surface area (Å²) in [5.74, 6) is -2.17. The Morgan fingerprint density at radius 3 is 2.02 bits per heavy atom. The van der Waals surface area contributed by atoms with Crippen molar-refractivity contribution in [3.63, 3.8) is 0 Å². The maximum Gasteiger partial charge on any atom is 0.248 e. The van der Waals surface area contributed by atoms with Gasteiger partial charge in [0, 0.05) is 39.3 Å². The SMILES string of the molecule is C=CCN(Cc1ccccc1)C(=O)C1N(CCCO)C(=O)[C@@H]2[C@H](C(=O)N(CC=C)Cc3ccccc3)[C@]3(C)CCC12O3. The summed E-state index contributed by atoms with van der Waals surface area (Å²) in [4.78, 5) is 48.2. The molecule has 0 aliphatic carbocycles. The molecule has 2 aromatic rings. The van der Waals surface area contributed by atoms with Gasteiger partial charge in [-0.2, -0.15) is 0 Å². The lowest BCUT2D eigenvalue weighted by Crippen LogP contribution is -2.56. The normalized spacial score (nSPS) is 27.5. The van der Waals surface area contributed by atoms with Crippen LogP contribution in [0.3, 0.4) is 0 Å². The van der Waals surface area contributed by atoms with Crippen LogP contribution in [-0.4, -0.2) is 81.0 Å². The van der Waals surface area contributed by atoms with Crippen molar-refractivity contribution in [1.82, 2.24) is 14.7 Å². The van der Waals surface area contributed by atoms with Gasteiger partial charge in [-0.15, -0.1) is 13.2 Å². The summed E-state index contributed by atoms with van der Waals surface area (Å²) in [5.41, 5.74) is -0.0576. The quantitative estimate of drug-likeness (QED) is 0.372. The average Bonchev–Trinajstić information content (AvgIpc) is 3.56. The van der Waals surface area contributed by atoms with E-state index in [-0.39, 0.29) is 30.9 Å². The molecule has 8 heteroatoms. The van der Waals surface area contributed by atoms with Crippen LogP contribution in [0.25, 0.3) is 0 Å². The molecule has 1 spiro atoms. The summed E-state index contributed by atoms with van der Waals surface area (Å²) in [6.45, 7) is 11.1. The van der Waals surface area contributed by atoms with Gasteiger partial charge in [-0.05, 0) is 37.3 Å². The minimum absolute atomic E-state index is 0.117. The molecule has 8 nitrogen and oxygen atoms in total. The third-order valence-electron chi connectivity index (χ3n) is 9.09. The number of hydrogen-bond donors (Lipinski definition) is 1. The Bertz CT molecular complexity index is 1320. The summed E-state index contributed by atoms with van der Waals surface area (Å²) in [5, 5.41) is 9.66. The zero-order valence-corrected chi connectivity index (χ0v) is 24.4. The van der Waals surface area contributed by atoms with Crippen LogP contribution in [0.1, 0.15) is 37.3 Å². The van der Waals surface area contributed by atoms with E-state index in [0.29, 0.717) is 45.4 Å². The molecule has 42 heavy (non-hydrogen) atoms. The molecule has 3 amide bonds. The summed E-state index contributed by atoms with van der Waals surface area (Å²) < 4.78 is 6.80. The van der Waals surface area contributed by atoms with Gasteiger partial charge in [-0.25, -0.2) is 0 Å². The molecular weight excluding hydrogens is 530 g/mol. The first-order valence-corrected chi connectivity index (χ1v) is 14.8. The third-order valence-corrected chi connectivity index (χ3v) is 9.09. The molecule has 0 radical (unpaired) electrons. The number of hydrogen-bond acceptors (Lipinski definition) is 5. The Morgan fingerprint density at radius 2 is 1.50 bits per heavy atom. The van der Waals surface area contributed by atoms with Gasteiger partial charge in [-0.1, -0.05) is 72.8 Å². The summed E-state index contributed by atoms with van der Waals surface area (Å²) in [6, 6.07) is 18.5. The van der Waals surface area contributed by atoms with Crippen LogP contribution < -0.4 is 0 Å². The van der Waals surface area contributed by atoms with Crippen molar-refractivity contribution in [2.75, 3.05) is 26.2 Å². The number of rotatable bonds is 13. The van der Waals surface area contributed by atoms with Crippen LogP contribution in [0.15, 0.2) is 86.0 Å². The van der Waals surface area contributed by atoms with E-state index in [2.05, 4.69) is 13.2 Å². The average molecular weight is 572 g/mol. The minimum Gasteiger partial charge on any atom is -0.396 e. The van der Waals surface area contributed by atoms with Gasteiger partial charge in [0.1, 0.15) is 11.6 Å². The number of carbonyl (C=O) groups is 3. The van der Waals surface area contributed by atoms with E-state index in [9.17, 15) is 19.5 Å². The largest absolute Gasteiger partial charge is 0.396 e. The van der Waals surface area contributed by atoms with Gasteiger partial charge in [0.25, 0.3) is 0 Å². The van der Waals surface area contributed by atoms with Crippen molar-refractivity contribution in [3.8, 4) is 0 Å². The van der Waals surface area contributed by atoms with E-state index in [1.165, 1.54) is 0 Å². The van der Waals surface area contributed by atoms with Crippen LogP contribution in [-0.2, 0) is 32.2 Å². The summed E-state index contributed by atoms with van der Waals surface area (Å²) in [7, 11) is 0. The number of ether oxygens (including phenoxy) is 1. The highest BCUT2D eigenvalue weighted by molar-refractivity contribution is 5.99. The lowest BCUT2D eigenvalue weighted by molar-refractivity contribution is -0.154. The fraction of sp³-hybridized carbons (Fsp3) is 0.441. The van der Waals surface area contributed by atoms with Crippen molar-refractivity contribution in [2.24, 2.45) is 11.8 Å². The molecule has 0 saturated carbocycles. The zero-order valence-electron chi connectivity index (χ0n) is 24.4. The maximum atomic E-state index is 14.5. The van der Waals surface area contributed by atoms with Gasteiger partial charge in [0.15, 0.2) is 0 Å². The lowest BCUT2D eigenvalue weighted by atomic mass is 9.66. The molecule has 3 heterocycles. The molecule has 3 aliphatic heterocycles. The van der Waals surface area contributed by atoms with Crippen molar-refractivity contribution in [1.29, 1.82) is 0 Å². The molecule has 2 aromatic carbocycles. The van der Waals surface area contributed by atoms with E-state index in [0.717, 1.165) is 11.1 Å². The molecule has 1 N–H and O–H groups in total. The van der Waals surface area contributed by atoms with Crippen LogP contribution >= 0.6 is 0 Å². The van der Waals surface area contributed by atoms with Crippen molar-refractivity contribution in [3.05, 3.63) is 97.1 Å². The van der Waals surface area contributed by atoms with E-state index in [4.69, 9.17) is 4.74 Å². The monoisotopic (exact) mass is 571 g/mol. The fourth-order valence-electron chi connectivity index (χ4n) is 7.32. The Labute approximate surface area is 248 Å². The van der Waals surface area contributed by atoms with Crippen LogP contribution in [0, 0.1) is 11.8 Å². The number of aliphatic hydroxyl groups excluding tert-OH is 1. The number of fused-ring (bicyclic) bond motifs is 1. The van der Waals surface area contributed by atoms with Crippen molar-refractivity contribution >= 4 is 17.7 Å². The van der Waals surface area contributed by atoms with Crippen LogP contribution in [0.5, 0.6) is 0 Å². The first-order valence-electron chi connectivity index (χ1n) is 14.8.